The van der Waals surface area contributed by atoms with Crippen molar-refractivity contribution in [2.75, 3.05) is 0 Å². The highest BCUT2D eigenvalue weighted by atomic mass is 16.4. The molecular weight excluding hydrogens is 130 g/mol. The van der Waals surface area contributed by atoms with E-state index in [1.54, 1.807) is 6.08 Å². The van der Waals surface area contributed by atoms with Crippen molar-refractivity contribution in [2.45, 2.75) is 26.2 Å². The van der Waals surface area contributed by atoms with Crippen molar-refractivity contribution in [1.29, 1.82) is 0 Å². The Morgan fingerprint density at radius 2 is 2.20 bits per heavy atom. The Balaban J connectivity index is 0. The number of carbonyl (C=O) groups is 1. The molecule has 0 radical (unpaired) electrons. The number of carboxylic acid groups (broad SMARTS) is 1. The minimum absolute atomic E-state index is 0. The molecule has 0 spiro atoms. The van der Waals surface area contributed by atoms with E-state index in [2.05, 4.69) is 6.92 Å². The normalized spacial score (nSPS) is 9.30. The van der Waals surface area contributed by atoms with E-state index in [1.165, 1.54) is 0 Å². The fourth-order valence-corrected chi connectivity index (χ4v) is 0.502. The summed E-state index contributed by atoms with van der Waals surface area (Å²) in [6.07, 6.45) is 5.68. The molecule has 0 heterocycles. The summed E-state index contributed by atoms with van der Waals surface area (Å²) in [7, 11) is 0. The number of hydrogen-bond donors (Lipinski definition) is 1. The highest BCUT2D eigenvalue weighted by molar-refractivity contribution is 5.77. The molecule has 10 heavy (non-hydrogen) atoms. The standard InChI is InChI=1S/C7H12O2.H3N/c1-2-3-4-5-6-7(8)9;/h5-6H,2-4H2,1H3,(H,8,9);1H3. The first-order chi connectivity index (χ1) is 4.27. The van der Waals surface area contributed by atoms with E-state index in [9.17, 15) is 9.90 Å². The first-order valence-corrected chi connectivity index (χ1v) is 3.15. The highest BCUT2D eigenvalue weighted by Gasteiger charge is 1.76. The number of allylic oxidation sites excluding steroid dienone is 1. The monoisotopic (exact) mass is 145 g/mol. The van der Waals surface area contributed by atoms with E-state index in [4.69, 9.17) is 0 Å². The summed E-state index contributed by atoms with van der Waals surface area (Å²) in [5.74, 6) is -1.11. The molecule has 0 amide bonds. The third-order valence-corrected chi connectivity index (χ3v) is 0.978. The molecule has 0 rings (SSSR count). The SMILES string of the molecule is CCCCC=CC(=O)[O-].[NH4+]. The van der Waals surface area contributed by atoms with Crippen LogP contribution in [-0.4, -0.2) is 5.97 Å². The van der Waals surface area contributed by atoms with Crippen LogP contribution in [0.1, 0.15) is 26.2 Å². The zero-order valence-electron chi connectivity index (χ0n) is 6.59. The molecule has 0 aliphatic rings. The van der Waals surface area contributed by atoms with Gasteiger partial charge in [0.15, 0.2) is 0 Å². The molecule has 0 aromatic rings. The smallest absolute Gasteiger partial charge is 0.0639 e. The summed E-state index contributed by atoms with van der Waals surface area (Å²) in [5.41, 5.74) is 0. The van der Waals surface area contributed by atoms with Gasteiger partial charge in [-0.2, -0.15) is 0 Å². The maximum Gasteiger partial charge on any atom is 0.0639 e. The van der Waals surface area contributed by atoms with Gasteiger partial charge in [-0.15, -0.1) is 0 Å². The average molecular weight is 145 g/mol. The number of rotatable bonds is 4. The summed E-state index contributed by atoms with van der Waals surface area (Å²) in [6.45, 7) is 2.06. The topological polar surface area (TPSA) is 76.6 Å². The Bertz CT molecular complexity index is 110. The molecule has 60 valence electrons. The fraction of sp³-hybridized carbons (Fsp3) is 0.571. The fourth-order valence-electron chi connectivity index (χ4n) is 0.502. The second-order valence-corrected chi connectivity index (χ2v) is 1.86. The highest BCUT2D eigenvalue weighted by Crippen LogP contribution is 1.93. The van der Waals surface area contributed by atoms with E-state index in [0.717, 1.165) is 25.3 Å². The molecule has 0 saturated heterocycles. The molecule has 0 aliphatic heterocycles. The van der Waals surface area contributed by atoms with Gasteiger partial charge < -0.3 is 16.1 Å². The minimum Gasteiger partial charge on any atom is -0.545 e. The van der Waals surface area contributed by atoms with Gasteiger partial charge >= 0.3 is 0 Å². The Hall–Kier alpha value is -0.830. The number of unbranched alkanes of at least 4 members (excludes halogenated alkanes) is 2. The Morgan fingerprint density at radius 3 is 2.60 bits per heavy atom. The van der Waals surface area contributed by atoms with Crippen LogP contribution in [0.5, 0.6) is 0 Å². The van der Waals surface area contributed by atoms with Crippen molar-refractivity contribution in [3.8, 4) is 0 Å². The largest absolute Gasteiger partial charge is 0.545 e. The predicted octanol–water partition coefficient (Wildman–Crippen LogP) is 0.859. The van der Waals surface area contributed by atoms with E-state index < -0.39 is 5.97 Å². The Labute approximate surface area is 61.3 Å². The number of carboxylic acids is 1. The summed E-state index contributed by atoms with van der Waals surface area (Å²) < 4.78 is 0. The summed E-state index contributed by atoms with van der Waals surface area (Å²) in [4.78, 5) is 9.76. The molecule has 4 N–H and O–H groups in total. The Kier molecular flexibility index (Phi) is 9.73. The van der Waals surface area contributed by atoms with Gasteiger partial charge in [0.1, 0.15) is 0 Å². The van der Waals surface area contributed by atoms with Crippen LogP contribution in [0, 0.1) is 0 Å². The van der Waals surface area contributed by atoms with Crippen molar-refractivity contribution in [3.63, 3.8) is 0 Å². The molecule has 0 saturated carbocycles. The van der Waals surface area contributed by atoms with Gasteiger partial charge in [0.05, 0.1) is 5.97 Å². The van der Waals surface area contributed by atoms with Crippen LogP contribution in [0.15, 0.2) is 12.2 Å². The van der Waals surface area contributed by atoms with E-state index >= 15 is 0 Å². The lowest BCUT2D eigenvalue weighted by Gasteiger charge is -1.90. The number of carbonyl (C=O) groups excluding carboxylic acids is 1. The first-order valence-electron chi connectivity index (χ1n) is 3.15. The molecule has 0 aliphatic carbocycles. The van der Waals surface area contributed by atoms with E-state index in [-0.39, 0.29) is 6.15 Å². The minimum atomic E-state index is -1.11. The van der Waals surface area contributed by atoms with Gasteiger partial charge in [0, 0.05) is 0 Å². The van der Waals surface area contributed by atoms with Gasteiger partial charge in [0.25, 0.3) is 0 Å². The first kappa shape index (κ1) is 11.9. The molecule has 3 nitrogen and oxygen atoms in total. The predicted molar refractivity (Wildman–Crippen MR) is 39.7 cm³/mol. The molecule has 0 atom stereocenters. The summed E-state index contributed by atoms with van der Waals surface area (Å²) >= 11 is 0. The van der Waals surface area contributed by atoms with Crippen molar-refractivity contribution < 1.29 is 9.90 Å². The third kappa shape index (κ3) is 10.2. The average Bonchev–Trinajstić information content (AvgIpc) is 1.80. The number of quaternary nitrogens is 1. The number of aliphatic carboxylic acids is 1. The number of hydrogen-bond acceptors (Lipinski definition) is 2. The molecule has 0 aromatic carbocycles. The van der Waals surface area contributed by atoms with Gasteiger partial charge in [-0.05, 0) is 12.5 Å². The van der Waals surface area contributed by atoms with Crippen LogP contribution >= 0.6 is 0 Å². The lowest BCUT2D eigenvalue weighted by atomic mass is 10.2. The van der Waals surface area contributed by atoms with Crippen LogP contribution in [0.2, 0.25) is 0 Å². The molecule has 0 aromatic heterocycles. The Morgan fingerprint density at radius 1 is 1.60 bits per heavy atom. The quantitative estimate of drug-likeness (QED) is 0.470. The second-order valence-electron chi connectivity index (χ2n) is 1.86. The zero-order valence-corrected chi connectivity index (χ0v) is 6.59. The summed E-state index contributed by atoms with van der Waals surface area (Å²) in [5, 5.41) is 9.76. The molecule has 0 fully saturated rings. The van der Waals surface area contributed by atoms with E-state index in [0.29, 0.717) is 0 Å². The maximum atomic E-state index is 9.76. The molecule has 0 unspecified atom stereocenters. The third-order valence-electron chi connectivity index (χ3n) is 0.978. The van der Waals surface area contributed by atoms with Gasteiger partial charge in [-0.3, -0.25) is 0 Å². The molecule has 0 bridgehead atoms. The second kappa shape index (κ2) is 8.17. The van der Waals surface area contributed by atoms with Crippen LogP contribution < -0.4 is 11.3 Å². The van der Waals surface area contributed by atoms with Crippen molar-refractivity contribution >= 4 is 5.97 Å². The zero-order chi connectivity index (χ0) is 7.11. The van der Waals surface area contributed by atoms with Crippen molar-refractivity contribution in [1.82, 2.24) is 6.15 Å². The van der Waals surface area contributed by atoms with E-state index in [1.807, 2.05) is 0 Å². The van der Waals surface area contributed by atoms with Crippen LogP contribution in [-0.2, 0) is 4.79 Å². The van der Waals surface area contributed by atoms with Crippen molar-refractivity contribution in [3.05, 3.63) is 12.2 Å². The van der Waals surface area contributed by atoms with Crippen LogP contribution in [0.4, 0.5) is 0 Å². The van der Waals surface area contributed by atoms with Gasteiger partial charge in [-0.1, -0.05) is 25.8 Å². The maximum absolute atomic E-state index is 9.76. The summed E-state index contributed by atoms with van der Waals surface area (Å²) in [6, 6.07) is 0. The van der Waals surface area contributed by atoms with Gasteiger partial charge in [0.2, 0.25) is 0 Å². The van der Waals surface area contributed by atoms with Crippen LogP contribution in [0.3, 0.4) is 0 Å². The molecular formula is C7H15NO2. The van der Waals surface area contributed by atoms with Crippen molar-refractivity contribution in [2.24, 2.45) is 0 Å². The lowest BCUT2D eigenvalue weighted by Crippen LogP contribution is -2.18. The molecule has 3 heteroatoms. The lowest BCUT2D eigenvalue weighted by molar-refractivity contribution is -0.297. The van der Waals surface area contributed by atoms with Crippen LogP contribution in [0.25, 0.3) is 0 Å². The van der Waals surface area contributed by atoms with Gasteiger partial charge in [-0.25, -0.2) is 0 Å².